The predicted molar refractivity (Wildman–Crippen MR) is 98.2 cm³/mol. The van der Waals surface area contributed by atoms with Gasteiger partial charge in [-0.05, 0) is 48.9 Å². The van der Waals surface area contributed by atoms with Crippen LogP contribution in [0, 0.1) is 15.9 Å². The van der Waals surface area contributed by atoms with Gasteiger partial charge in [-0.3, -0.25) is 14.9 Å². The molecule has 3 rings (SSSR count). The van der Waals surface area contributed by atoms with E-state index in [1.165, 1.54) is 41.1 Å². The molecule has 8 heteroatoms. The zero-order valence-corrected chi connectivity index (χ0v) is 14.6. The standard InChI is InChI=1S/C19H17FN4O3/c1-2-11-21-19(25)18-12-17(13-3-5-14(20)6-4-13)22-23(18)15-7-9-16(10-8-15)24(26)27/h3-10,12H,2,11H2,1H3,(H,21,25). The Morgan fingerprint density at radius 3 is 2.44 bits per heavy atom. The quantitative estimate of drug-likeness (QED) is 0.530. The lowest BCUT2D eigenvalue weighted by molar-refractivity contribution is -0.384. The summed E-state index contributed by atoms with van der Waals surface area (Å²) in [7, 11) is 0. The number of rotatable bonds is 6. The van der Waals surface area contributed by atoms with Crippen LogP contribution >= 0.6 is 0 Å². The van der Waals surface area contributed by atoms with Crippen LogP contribution in [0.4, 0.5) is 10.1 Å². The normalized spacial score (nSPS) is 10.6. The van der Waals surface area contributed by atoms with Crippen molar-refractivity contribution in [1.29, 1.82) is 0 Å². The summed E-state index contributed by atoms with van der Waals surface area (Å²) in [6.45, 7) is 2.45. The van der Waals surface area contributed by atoms with Crippen molar-refractivity contribution >= 4 is 11.6 Å². The maximum absolute atomic E-state index is 13.2. The van der Waals surface area contributed by atoms with Crippen molar-refractivity contribution in [3.05, 3.63) is 76.2 Å². The van der Waals surface area contributed by atoms with Crippen LogP contribution in [0.25, 0.3) is 16.9 Å². The van der Waals surface area contributed by atoms with Crippen LogP contribution < -0.4 is 5.32 Å². The van der Waals surface area contributed by atoms with Gasteiger partial charge in [-0.25, -0.2) is 9.07 Å². The first kappa shape index (κ1) is 18.2. The van der Waals surface area contributed by atoms with Crippen molar-refractivity contribution < 1.29 is 14.1 Å². The fourth-order valence-corrected chi connectivity index (χ4v) is 2.55. The highest BCUT2D eigenvalue weighted by atomic mass is 19.1. The molecule has 138 valence electrons. The van der Waals surface area contributed by atoms with Gasteiger partial charge in [-0.15, -0.1) is 0 Å². The minimum atomic E-state index is -0.494. The molecule has 0 fully saturated rings. The van der Waals surface area contributed by atoms with Gasteiger partial charge < -0.3 is 5.32 Å². The molecule has 0 aliphatic carbocycles. The third-order valence-electron chi connectivity index (χ3n) is 3.92. The maximum atomic E-state index is 13.2. The summed E-state index contributed by atoms with van der Waals surface area (Å²) in [5, 5.41) is 18.1. The van der Waals surface area contributed by atoms with Crippen molar-refractivity contribution in [2.45, 2.75) is 13.3 Å². The summed E-state index contributed by atoms with van der Waals surface area (Å²) in [5.41, 5.74) is 1.89. The van der Waals surface area contributed by atoms with Crippen LogP contribution in [0.15, 0.2) is 54.6 Å². The van der Waals surface area contributed by atoms with Crippen LogP contribution in [0.2, 0.25) is 0 Å². The number of nitrogens with zero attached hydrogens (tertiary/aromatic N) is 3. The maximum Gasteiger partial charge on any atom is 0.270 e. The van der Waals surface area contributed by atoms with E-state index >= 15 is 0 Å². The van der Waals surface area contributed by atoms with E-state index in [1.54, 1.807) is 18.2 Å². The molecule has 1 aromatic heterocycles. The van der Waals surface area contributed by atoms with Crippen molar-refractivity contribution in [3.8, 4) is 16.9 Å². The molecule has 1 N–H and O–H groups in total. The van der Waals surface area contributed by atoms with Crippen LogP contribution in [-0.2, 0) is 0 Å². The first-order valence-corrected chi connectivity index (χ1v) is 8.38. The summed E-state index contributed by atoms with van der Waals surface area (Å²) in [6, 6.07) is 13.1. The summed E-state index contributed by atoms with van der Waals surface area (Å²) < 4.78 is 14.6. The van der Waals surface area contributed by atoms with Gasteiger partial charge in [0, 0.05) is 24.2 Å². The third-order valence-corrected chi connectivity index (χ3v) is 3.92. The van der Waals surface area contributed by atoms with Gasteiger partial charge in [0.25, 0.3) is 11.6 Å². The van der Waals surface area contributed by atoms with E-state index in [2.05, 4.69) is 10.4 Å². The van der Waals surface area contributed by atoms with Gasteiger partial charge >= 0.3 is 0 Å². The van der Waals surface area contributed by atoms with Crippen LogP contribution in [-0.4, -0.2) is 27.2 Å². The predicted octanol–water partition coefficient (Wildman–Crippen LogP) is 3.73. The molecule has 0 aliphatic rings. The molecule has 0 saturated carbocycles. The summed E-state index contributed by atoms with van der Waals surface area (Å²) in [5.74, 6) is -0.675. The van der Waals surface area contributed by atoms with Gasteiger partial charge in [0.15, 0.2) is 0 Å². The molecular formula is C19H17FN4O3. The number of halogens is 1. The number of hydrogen-bond donors (Lipinski definition) is 1. The minimum Gasteiger partial charge on any atom is -0.351 e. The van der Waals surface area contributed by atoms with Gasteiger partial charge in [-0.2, -0.15) is 5.10 Å². The van der Waals surface area contributed by atoms with E-state index in [0.717, 1.165) is 6.42 Å². The Morgan fingerprint density at radius 2 is 1.85 bits per heavy atom. The Kier molecular flexibility index (Phi) is 5.25. The topological polar surface area (TPSA) is 90.1 Å². The third kappa shape index (κ3) is 4.00. The van der Waals surface area contributed by atoms with Crippen molar-refractivity contribution in [2.75, 3.05) is 6.54 Å². The number of aromatic nitrogens is 2. The number of carbonyl (C=O) groups excluding carboxylic acids is 1. The Labute approximate surface area is 154 Å². The molecule has 3 aromatic rings. The SMILES string of the molecule is CCCNC(=O)c1cc(-c2ccc(F)cc2)nn1-c1ccc([N+](=O)[O-])cc1. The molecule has 1 amide bonds. The molecule has 0 radical (unpaired) electrons. The van der Waals surface area contributed by atoms with Crippen LogP contribution in [0.3, 0.4) is 0 Å². The Hall–Kier alpha value is -3.55. The van der Waals surface area contributed by atoms with E-state index in [-0.39, 0.29) is 23.1 Å². The zero-order chi connectivity index (χ0) is 19.4. The van der Waals surface area contributed by atoms with Crippen molar-refractivity contribution in [1.82, 2.24) is 15.1 Å². The lowest BCUT2D eigenvalue weighted by atomic mass is 10.1. The number of amides is 1. The van der Waals surface area contributed by atoms with E-state index in [4.69, 9.17) is 0 Å². The molecule has 0 bridgehead atoms. The second kappa shape index (κ2) is 7.77. The van der Waals surface area contributed by atoms with Crippen molar-refractivity contribution in [2.24, 2.45) is 0 Å². The molecule has 0 spiro atoms. The number of nitrogens with one attached hydrogen (secondary N) is 1. The number of benzene rings is 2. The van der Waals surface area contributed by atoms with Gasteiger partial charge in [0.1, 0.15) is 11.5 Å². The fourth-order valence-electron chi connectivity index (χ4n) is 2.55. The highest BCUT2D eigenvalue weighted by Crippen LogP contribution is 2.23. The van der Waals surface area contributed by atoms with E-state index in [1.807, 2.05) is 6.92 Å². The number of nitro benzene ring substituents is 1. The van der Waals surface area contributed by atoms with Crippen LogP contribution in [0.5, 0.6) is 0 Å². The second-order valence-corrected chi connectivity index (χ2v) is 5.86. The highest BCUT2D eigenvalue weighted by Gasteiger charge is 2.18. The minimum absolute atomic E-state index is 0.0540. The number of non-ortho nitro benzene ring substituents is 1. The lowest BCUT2D eigenvalue weighted by Gasteiger charge is -2.07. The lowest BCUT2D eigenvalue weighted by Crippen LogP contribution is -2.26. The molecule has 0 atom stereocenters. The molecule has 7 nitrogen and oxygen atoms in total. The molecule has 0 saturated heterocycles. The fraction of sp³-hybridized carbons (Fsp3) is 0.158. The molecule has 0 unspecified atom stereocenters. The summed E-state index contributed by atoms with van der Waals surface area (Å²) in [4.78, 5) is 22.9. The van der Waals surface area contributed by atoms with E-state index in [0.29, 0.717) is 23.5 Å². The second-order valence-electron chi connectivity index (χ2n) is 5.86. The van der Waals surface area contributed by atoms with Gasteiger partial charge in [-0.1, -0.05) is 6.92 Å². The van der Waals surface area contributed by atoms with Gasteiger partial charge in [0.2, 0.25) is 0 Å². The molecular weight excluding hydrogens is 351 g/mol. The van der Waals surface area contributed by atoms with Crippen LogP contribution in [0.1, 0.15) is 23.8 Å². The molecule has 2 aromatic carbocycles. The molecule has 27 heavy (non-hydrogen) atoms. The number of nitro groups is 1. The zero-order valence-electron chi connectivity index (χ0n) is 14.6. The first-order valence-electron chi connectivity index (χ1n) is 8.38. The summed E-state index contributed by atoms with van der Waals surface area (Å²) >= 11 is 0. The highest BCUT2D eigenvalue weighted by molar-refractivity contribution is 5.94. The Bertz CT molecular complexity index is 966. The number of carbonyl (C=O) groups is 1. The monoisotopic (exact) mass is 368 g/mol. The van der Waals surface area contributed by atoms with Crippen molar-refractivity contribution in [3.63, 3.8) is 0 Å². The molecule has 0 aliphatic heterocycles. The largest absolute Gasteiger partial charge is 0.351 e. The average Bonchev–Trinajstić information content (AvgIpc) is 3.12. The average molecular weight is 368 g/mol. The Morgan fingerprint density at radius 1 is 1.19 bits per heavy atom. The number of hydrogen-bond acceptors (Lipinski definition) is 4. The van der Waals surface area contributed by atoms with E-state index in [9.17, 15) is 19.3 Å². The van der Waals surface area contributed by atoms with Gasteiger partial charge in [0.05, 0.1) is 16.3 Å². The first-order chi connectivity index (χ1) is 13.0. The summed E-state index contributed by atoms with van der Waals surface area (Å²) in [6.07, 6.45) is 0.780. The Balaban J connectivity index is 2.05. The molecule has 1 heterocycles. The van der Waals surface area contributed by atoms with E-state index < -0.39 is 4.92 Å². The smallest absolute Gasteiger partial charge is 0.270 e.